The zero-order valence-electron chi connectivity index (χ0n) is 15.2. The van der Waals surface area contributed by atoms with E-state index >= 15 is 0 Å². The van der Waals surface area contributed by atoms with Crippen LogP contribution in [-0.2, 0) is 14.3 Å². The molecule has 0 spiro atoms. The average molecular weight is 364 g/mol. The van der Waals surface area contributed by atoms with Gasteiger partial charge < -0.3 is 14.8 Å². The lowest BCUT2D eigenvalue weighted by molar-refractivity contribution is -0.145. The van der Waals surface area contributed by atoms with Crippen LogP contribution in [0.5, 0.6) is 5.75 Å². The van der Waals surface area contributed by atoms with Gasteiger partial charge in [0.05, 0.1) is 6.61 Å². The van der Waals surface area contributed by atoms with Crippen molar-refractivity contribution in [1.29, 1.82) is 5.26 Å². The van der Waals surface area contributed by atoms with E-state index < -0.39 is 11.9 Å². The number of anilines is 1. The predicted molar refractivity (Wildman–Crippen MR) is 102 cm³/mol. The van der Waals surface area contributed by atoms with Gasteiger partial charge in [0.2, 0.25) is 0 Å². The number of amides is 1. The number of para-hydroxylation sites is 2. The van der Waals surface area contributed by atoms with Crippen molar-refractivity contribution in [3.8, 4) is 11.8 Å². The van der Waals surface area contributed by atoms with E-state index in [0.29, 0.717) is 17.0 Å². The van der Waals surface area contributed by atoms with Crippen molar-refractivity contribution in [2.24, 2.45) is 0 Å². The topological polar surface area (TPSA) is 88.4 Å². The second-order valence-electron chi connectivity index (χ2n) is 5.57. The third-order valence-corrected chi connectivity index (χ3v) is 3.63. The molecule has 0 fully saturated rings. The number of rotatable bonds is 7. The van der Waals surface area contributed by atoms with Crippen molar-refractivity contribution >= 4 is 23.6 Å². The molecule has 6 heteroatoms. The highest BCUT2D eigenvalue weighted by Crippen LogP contribution is 2.22. The third-order valence-electron chi connectivity index (χ3n) is 3.63. The first-order valence-corrected chi connectivity index (χ1v) is 8.41. The fourth-order valence-electron chi connectivity index (χ4n) is 2.28. The fraction of sp³-hybridized carbons (Fsp3) is 0.190. The molecule has 0 radical (unpaired) electrons. The summed E-state index contributed by atoms with van der Waals surface area (Å²) in [7, 11) is 0. The second-order valence-corrected chi connectivity index (χ2v) is 5.57. The van der Waals surface area contributed by atoms with E-state index in [1.54, 1.807) is 43.3 Å². The van der Waals surface area contributed by atoms with Gasteiger partial charge in [-0.25, -0.2) is 4.79 Å². The number of ether oxygens (including phenoxy) is 2. The predicted octanol–water partition coefficient (Wildman–Crippen LogP) is 3.48. The molecule has 0 unspecified atom stereocenters. The minimum absolute atomic E-state index is 0.0783. The largest absolute Gasteiger partial charge is 0.481 e. The summed E-state index contributed by atoms with van der Waals surface area (Å²) in [5.41, 5.74) is 1.96. The van der Waals surface area contributed by atoms with Gasteiger partial charge in [-0.05, 0) is 37.6 Å². The molecule has 0 bridgehead atoms. The molecule has 1 amide bonds. The number of nitriles is 1. The third kappa shape index (κ3) is 5.72. The molecule has 0 atom stereocenters. The van der Waals surface area contributed by atoms with E-state index in [-0.39, 0.29) is 18.8 Å². The highest BCUT2D eigenvalue weighted by molar-refractivity contribution is 6.10. The van der Waals surface area contributed by atoms with Crippen molar-refractivity contribution in [3.05, 3.63) is 65.2 Å². The Morgan fingerprint density at radius 2 is 1.85 bits per heavy atom. The van der Waals surface area contributed by atoms with Crippen molar-refractivity contribution in [2.45, 2.75) is 13.8 Å². The number of benzene rings is 2. The first-order valence-electron chi connectivity index (χ1n) is 8.41. The summed E-state index contributed by atoms with van der Waals surface area (Å²) in [5.74, 6) is -0.636. The minimum Gasteiger partial charge on any atom is -0.481 e. The molecule has 1 N–H and O–H groups in total. The van der Waals surface area contributed by atoms with Gasteiger partial charge in [0.15, 0.2) is 6.61 Å². The Balaban J connectivity index is 2.19. The molecule has 0 saturated heterocycles. The molecule has 2 rings (SSSR count). The van der Waals surface area contributed by atoms with Crippen LogP contribution in [0.15, 0.2) is 54.1 Å². The molecular weight excluding hydrogens is 344 g/mol. The lowest BCUT2D eigenvalue weighted by Crippen LogP contribution is -2.15. The first kappa shape index (κ1) is 19.7. The smallest absolute Gasteiger partial charge is 0.344 e. The van der Waals surface area contributed by atoms with Crippen LogP contribution in [-0.4, -0.2) is 25.1 Å². The number of hydrogen-bond donors (Lipinski definition) is 1. The van der Waals surface area contributed by atoms with E-state index in [2.05, 4.69) is 5.32 Å². The van der Waals surface area contributed by atoms with Gasteiger partial charge in [-0.15, -0.1) is 0 Å². The summed E-state index contributed by atoms with van der Waals surface area (Å²) >= 11 is 0. The van der Waals surface area contributed by atoms with Crippen LogP contribution >= 0.6 is 0 Å². The Bertz CT molecular complexity index is 897. The van der Waals surface area contributed by atoms with E-state index in [1.807, 2.05) is 25.1 Å². The lowest BCUT2D eigenvalue weighted by Gasteiger charge is -2.10. The molecule has 2 aromatic carbocycles. The van der Waals surface area contributed by atoms with Gasteiger partial charge in [0.1, 0.15) is 17.4 Å². The Hall–Kier alpha value is -3.59. The van der Waals surface area contributed by atoms with E-state index in [9.17, 15) is 14.9 Å². The maximum atomic E-state index is 12.4. The molecule has 0 saturated carbocycles. The van der Waals surface area contributed by atoms with E-state index in [1.165, 1.54) is 6.08 Å². The van der Waals surface area contributed by atoms with Gasteiger partial charge in [-0.3, -0.25) is 4.79 Å². The Morgan fingerprint density at radius 1 is 1.15 bits per heavy atom. The SMILES string of the molecule is CCOC(=O)COc1ccccc1/C=C(\C#N)C(=O)Nc1ccccc1C. The van der Waals surface area contributed by atoms with Gasteiger partial charge in [0, 0.05) is 11.3 Å². The lowest BCUT2D eigenvalue weighted by atomic mass is 10.1. The molecule has 0 aromatic heterocycles. The average Bonchev–Trinajstić information content (AvgIpc) is 2.67. The summed E-state index contributed by atoms with van der Waals surface area (Å²) in [6.07, 6.45) is 1.42. The highest BCUT2D eigenvalue weighted by Gasteiger charge is 2.13. The quantitative estimate of drug-likeness (QED) is 0.462. The van der Waals surface area contributed by atoms with Crippen molar-refractivity contribution in [1.82, 2.24) is 0 Å². The van der Waals surface area contributed by atoms with Crippen molar-refractivity contribution in [2.75, 3.05) is 18.5 Å². The number of nitrogens with one attached hydrogen (secondary N) is 1. The Kier molecular flexibility index (Phi) is 7.15. The molecule has 0 aliphatic rings. The summed E-state index contributed by atoms with van der Waals surface area (Å²) in [6, 6.07) is 16.0. The molecular formula is C21H20N2O4. The summed E-state index contributed by atoms with van der Waals surface area (Å²) in [5, 5.41) is 12.1. The number of carbonyl (C=O) groups excluding carboxylic acids is 2. The maximum Gasteiger partial charge on any atom is 0.344 e. The molecule has 2 aromatic rings. The Morgan fingerprint density at radius 3 is 2.56 bits per heavy atom. The highest BCUT2D eigenvalue weighted by atomic mass is 16.6. The fourth-order valence-corrected chi connectivity index (χ4v) is 2.28. The number of hydrogen-bond acceptors (Lipinski definition) is 5. The number of aryl methyl sites for hydroxylation is 1. The van der Waals surface area contributed by atoms with E-state index in [4.69, 9.17) is 9.47 Å². The normalized spacial score (nSPS) is 10.6. The second kappa shape index (κ2) is 9.78. The molecule has 0 aliphatic heterocycles. The molecule has 138 valence electrons. The molecule has 6 nitrogen and oxygen atoms in total. The maximum absolute atomic E-state index is 12.4. The van der Waals surface area contributed by atoms with Gasteiger partial charge in [0.25, 0.3) is 5.91 Å². The van der Waals surface area contributed by atoms with Gasteiger partial charge >= 0.3 is 5.97 Å². The molecule has 0 aliphatic carbocycles. The standard InChI is InChI=1S/C21H20N2O4/c1-3-26-20(24)14-27-19-11-7-5-9-16(19)12-17(13-22)21(25)23-18-10-6-4-8-15(18)2/h4-12H,3,14H2,1-2H3,(H,23,25)/b17-12+. The van der Waals surface area contributed by atoms with Crippen LogP contribution in [0.1, 0.15) is 18.1 Å². The zero-order valence-corrected chi connectivity index (χ0v) is 15.2. The Labute approximate surface area is 158 Å². The summed E-state index contributed by atoms with van der Waals surface area (Å²) in [4.78, 5) is 23.9. The van der Waals surface area contributed by atoms with Crippen molar-refractivity contribution in [3.63, 3.8) is 0 Å². The summed E-state index contributed by atoms with van der Waals surface area (Å²) < 4.78 is 10.3. The zero-order chi connectivity index (χ0) is 19.6. The number of esters is 1. The van der Waals surface area contributed by atoms with Gasteiger partial charge in [-0.1, -0.05) is 36.4 Å². The van der Waals surface area contributed by atoms with Crippen LogP contribution in [0, 0.1) is 18.3 Å². The molecule has 0 heterocycles. The van der Waals surface area contributed by atoms with Crippen molar-refractivity contribution < 1.29 is 19.1 Å². The van der Waals surface area contributed by atoms with E-state index in [0.717, 1.165) is 5.56 Å². The van der Waals surface area contributed by atoms with Crippen LogP contribution in [0.25, 0.3) is 6.08 Å². The first-order chi connectivity index (χ1) is 13.0. The minimum atomic E-state index is -0.521. The number of nitrogens with zero attached hydrogens (tertiary/aromatic N) is 1. The summed E-state index contributed by atoms with van der Waals surface area (Å²) in [6.45, 7) is 3.59. The number of carbonyl (C=O) groups is 2. The van der Waals surface area contributed by atoms with Crippen LogP contribution in [0.4, 0.5) is 5.69 Å². The monoisotopic (exact) mass is 364 g/mol. The van der Waals surface area contributed by atoms with Crippen LogP contribution in [0.2, 0.25) is 0 Å². The van der Waals surface area contributed by atoms with Crippen LogP contribution < -0.4 is 10.1 Å². The van der Waals surface area contributed by atoms with Gasteiger partial charge in [-0.2, -0.15) is 5.26 Å². The van der Waals surface area contributed by atoms with Crippen LogP contribution in [0.3, 0.4) is 0 Å². The molecule has 27 heavy (non-hydrogen) atoms.